The normalized spacial score (nSPS) is 31.3. The van der Waals surface area contributed by atoms with Crippen LogP contribution in [0.3, 0.4) is 0 Å². The molecule has 302 valence electrons. The van der Waals surface area contributed by atoms with E-state index >= 15 is 0 Å². The van der Waals surface area contributed by atoms with Gasteiger partial charge in [-0.15, -0.1) is 0 Å². The molecule has 2 aromatic heterocycles. The molecule has 8 rings (SSSR count). The quantitative estimate of drug-likeness (QED) is 0.351. The van der Waals surface area contributed by atoms with E-state index in [0.29, 0.717) is 43.3 Å². The lowest BCUT2D eigenvalue weighted by molar-refractivity contribution is -0.142. The molecule has 7 atom stereocenters. The first-order valence-corrected chi connectivity index (χ1v) is 22.0. The molecule has 56 heavy (non-hydrogen) atoms. The molecule has 0 radical (unpaired) electrons. The number of alkyl carbamates (subject to hydrolysis) is 1. The summed E-state index contributed by atoms with van der Waals surface area (Å²) >= 11 is 0. The third-order valence-electron chi connectivity index (χ3n) is 12.9. The summed E-state index contributed by atoms with van der Waals surface area (Å²) in [5, 5.41) is 5.19. The first kappa shape index (κ1) is 38.4. The van der Waals surface area contributed by atoms with Crippen LogP contribution < -0.4 is 25.7 Å². The van der Waals surface area contributed by atoms with Gasteiger partial charge in [0.1, 0.15) is 35.5 Å². The molecule has 0 aromatic carbocycles. The summed E-state index contributed by atoms with van der Waals surface area (Å²) in [5.41, 5.74) is -1.02. The third-order valence-corrected chi connectivity index (χ3v) is 14.7. The number of aromatic nitrogens is 2. The molecule has 5 fully saturated rings. The van der Waals surface area contributed by atoms with Crippen LogP contribution in [0, 0.1) is 17.8 Å². The number of hydrogen-bond acceptors (Lipinski definition) is 10. The highest BCUT2D eigenvalue weighted by Crippen LogP contribution is 2.47. The molecule has 1 saturated heterocycles. The number of ether oxygens (including phenoxy) is 2. The smallest absolute Gasteiger partial charge is 0.408 e. The Labute approximate surface area is 326 Å². The Kier molecular flexibility index (Phi) is 10.6. The van der Waals surface area contributed by atoms with E-state index in [2.05, 4.69) is 15.4 Å². The molecule has 4 saturated carbocycles. The summed E-state index contributed by atoms with van der Waals surface area (Å²) in [4.78, 5) is 76.6. The first-order valence-electron chi connectivity index (χ1n) is 20.4. The lowest BCUT2D eigenvalue weighted by atomic mass is 9.96. The average molecular weight is 793 g/mol. The number of amides is 4. The van der Waals surface area contributed by atoms with Crippen LogP contribution in [0.25, 0.3) is 5.65 Å². The Balaban J connectivity index is 1.14. The minimum Gasteiger partial charge on any atom is -0.472 e. The number of nitrogens with zero attached hydrogens (tertiary/aromatic N) is 3. The second-order valence-electron chi connectivity index (χ2n) is 16.6. The Morgan fingerprint density at radius 2 is 1.77 bits per heavy atom. The molecule has 2 aromatic rings. The van der Waals surface area contributed by atoms with E-state index in [9.17, 15) is 32.4 Å². The van der Waals surface area contributed by atoms with Crippen LogP contribution in [0.15, 0.2) is 41.3 Å². The number of carbonyl (C=O) groups excluding carboxylic acids is 4. The van der Waals surface area contributed by atoms with Crippen LogP contribution in [0.4, 0.5) is 4.79 Å². The molecule has 4 amide bonds. The van der Waals surface area contributed by atoms with Crippen molar-refractivity contribution < 1.29 is 37.1 Å². The average Bonchev–Trinajstić information content (AvgIpc) is 3.96. The maximum absolute atomic E-state index is 14.8. The Morgan fingerprint density at radius 3 is 2.52 bits per heavy atom. The molecule has 0 unspecified atom stereocenters. The van der Waals surface area contributed by atoms with Crippen LogP contribution in [0.2, 0.25) is 0 Å². The predicted molar refractivity (Wildman–Crippen MR) is 204 cm³/mol. The summed E-state index contributed by atoms with van der Waals surface area (Å²) in [6.45, 7) is 1.81. The van der Waals surface area contributed by atoms with Gasteiger partial charge in [-0.3, -0.25) is 28.3 Å². The minimum absolute atomic E-state index is 0.00312. The second kappa shape index (κ2) is 15.5. The van der Waals surface area contributed by atoms with Gasteiger partial charge < -0.3 is 25.0 Å². The molecule has 6 aliphatic rings. The van der Waals surface area contributed by atoms with E-state index in [1.165, 1.54) is 9.30 Å². The van der Waals surface area contributed by atoms with Crippen LogP contribution in [0.1, 0.15) is 102 Å². The zero-order chi connectivity index (χ0) is 39.2. The van der Waals surface area contributed by atoms with E-state index in [1.54, 1.807) is 24.4 Å². The number of rotatable bonds is 7. The fourth-order valence-corrected chi connectivity index (χ4v) is 10.8. The molecular weight excluding hydrogens is 741 g/mol. The first-order chi connectivity index (χ1) is 27.0. The van der Waals surface area contributed by atoms with Crippen LogP contribution >= 0.6 is 0 Å². The summed E-state index contributed by atoms with van der Waals surface area (Å²) < 4.78 is 41.8. The predicted octanol–water partition coefficient (Wildman–Crippen LogP) is 3.28. The second-order valence-corrected chi connectivity index (χ2v) is 18.6. The summed E-state index contributed by atoms with van der Waals surface area (Å²) in [5.74, 6) is -2.07. The number of hydrogen-bond donors (Lipinski definition) is 3. The zero-order valence-corrected chi connectivity index (χ0v) is 32.6. The van der Waals surface area contributed by atoms with Gasteiger partial charge in [-0.1, -0.05) is 44.4 Å². The maximum atomic E-state index is 14.8. The monoisotopic (exact) mass is 792 g/mol. The van der Waals surface area contributed by atoms with Crippen molar-refractivity contribution in [3.05, 3.63) is 52.5 Å². The fraction of sp³-hybridized carbons (Fsp3) is 0.650. The number of fused-ring (bicyclic) bond motifs is 5. The highest BCUT2D eigenvalue weighted by molar-refractivity contribution is 7.91. The van der Waals surface area contributed by atoms with Crippen LogP contribution in [0.5, 0.6) is 5.88 Å². The van der Waals surface area contributed by atoms with Crippen molar-refractivity contribution in [2.45, 2.75) is 138 Å². The van der Waals surface area contributed by atoms with Gasteiger partial charge in [0.05, 0.1) is 17.4 Å². The minimum atomic E-state index is -3.88. The molecule has 16 heteroatoms. The lowest BCUT2D eigenvalue weighted by Gasteiger charge is -2.32. The standard InChI is InChI=1S/C40H52N6O9S/c1-2-26-22-40(26,38(50)44-56(52,53)28-18-19-28)43-34(47)30-21-27-23-46(30)37(49)33(25-12-6-7-13-25)42-39(51)55-31-16-10-14-24(31)11-4-3-5-15-29-35(54-27)41-32-17-8-9-20-45(32)36(29)48/h3,5,8-9,17,20,24-28,30-31,33H,2,4,6-7,10-16,18-19,21-23H2,1H3,(H,42,51)(H,43,47)(H,44,50)/t24-,26-,27-,30+,31-,33+,40-/m1/s1. The molecular formula is C40H52N6O9S. The van der Waals surface area contributed by atoms with Crippen molar-refractivity contribution in [1.29, 1.82) is 0 Å². The summed E-state index contributed by atoms with van der Waals surface area (Å²) in [6, 6.07) is 3.12. The largest absolute Gasteiger partial charge is 0.472 e. The van der Waals surface area contributed by atoms with Gasteiger partial charge in [-0.25, -0.2) is 13.2 Å². The van der Waals surface area contributed by atoms with Crippen LogP contribution in [-0.4, -0.2) is 88.1 Å². The molecule has 2 bridgehead atoms. The molecule has 0 spiro atoms. The number of sulfonamides is 1. The van der Waals surface area contributed by atoms with Gasteiger partial charge in [-0.2, -0.15) is 4.98 Å². The van der Waals surface area contributed by atoms with Gasteiger partial charge >= 0.3 is 6.09 Å². The molecule has 2 aliphatic heterocycles. The van der Waals surface area contributed by atoms with E-state index in [1.807, 2.05) is 19.1 Å². The Hall–Kier alpha value is -4.47. The number of nitrogens with one attached hydrogen (secondary N) is 3. The number of pyridine rings is 1. The third kappa shape index (κ3) is 7.64. The van der Waals surface area contributed by atoms with Gasteiger partial charge in [-0.05, 0) is 94.1 Å². The Morgan fingerprint density at radius 1 is 0.982 bits per heavy atom. The number of carbonyl (C=O) groups is 4. The number of allylic oxidation sites excluding steroid dienone is 2. The van der Waals surface area contributed by atoms with E-state index in [0.717, 1.165) is 44.9 Å². The van der Waals surface area contributed by atoms with Crippen LogP contribution in [-0.2, 0) is 35.6 Å². The SMILES string of the molecule is CC[C@@H]1C[C@]1(NC(=O)[C@@H]1C[C@@H]2CN1C(=O)[C@H](C1CCCC1)NC(=O)O[C@@H]1CCC[C@H]1CCC=CCc1c(nc3ccccn3c1=O)O2)C(=O)NS(=O)(=O)C1CC1. The zero-order valence-electron chi connectivity index (χ0n) is 31.8. The summed E-state index contributed by atoms with van der Waals surface area (Å²) in [7, 11) is -3.88. The van der Waals surface area contributed by atoms with Crippen molar-refractivity contribution in [2.75, 3.05) is 6.54 Å². The van der Waals surface area contributed by atoms with Gasteiger partial charge in [0, 0.05) is 19.0 Å². The highest BCUT2D eigenvalue weighted by Gasteiger charge is 2.62. The molecule has 4 heterocycles. The van der Waals surface area contributed by atoms with Crippen molar-refractivity contribution in [3.8, 4) is 5.88 Å². The summed E-state index contributed by atoms with van der Waals surface area (Å²) in [6.07, 6.45) is 13.2. The molecule has 4 aliphatic carbocycles. The van der Waals surface area contributed by atoms with Crippen molar-refractivity contribution in [3.63, 3.8) is 0 Å². The topological polar surface area (TPSA) is 195 Å². The van der Waals surface area contributed by atoms with E-state index < -0.39 is 62.8 Å². The van der Waals surface area contributed by atoms with E-state index in [-0.39, 0.29) is 61.1 Å². The van der Waals surface area contributed by atoms with E-state index in [4.69, 9.17) is 14.5 Å². The van der Waals surface area contributed by atoms with Crippen molar-refractivity contribution in [2.24, 2.45) is 17.8 Å². The van der Waals surface area contributed by atoms with Gasteiger partial charge in [0.15, 0.2) is 0 Å². The Bertz CT molecular complexity index is 2080. The highest BCUT2D eigenvalue weighted by atomic mass is 32.2. The van der Waals surface area contributed by atoms with Crippen molar-refractivity contribution >= 4 is 39.5 Å². The maximum Gasteiger partial charge on any atom is 0.408 e. The van der Waals surface area contributed by atoms with Gasteiger partial charge in [0.25, 0.3) is 11.5 Å². The van der Waals surface area contributed by atoms with Gasteiger partial charge in [0.2, 0.25) is 27.7 Å². The fourth-order valence-electron chi connectivity index (χ4n) is 9.47. The molecule has 3 N–H and O–H groups in total. The lowest BCUT2D eigenvalue weighted by Crippen LogP contribution is -2.59. The van der Waals surface area contributed by atoms with Crippen molar-refractivity contribution in [1.82, 2.24) is 29.6 Å². The molecule has 15 nitrogen and oxygen atoms in total.